The third-order valence-corrected chi connectivity index (χ3v) is 4.54. The van der Waals surface area contributed by atoms with E-state index in [0.717, 1.165) is 43.1 Å². The highest BCUT2D eigenvalue weighted by Gasteiger charge is 2.05. The molecule has 24 heavy (non-hydrogen) atoms. The Bertz CT molecular complexity index is 786. The van der Waals surface area contributed by atoms with Gasteiger partial charge >= 0.3 is 0 Å². The fourth-order valence-corrected chi connectivity index (χ4v) is 3.24. The number of aryl methyl sites for hydroxylation is 2. The molecular formula is C20H16Br2O2. The van der Waals surface area contributed by atoms with Crippen molar-refractivity contribution in [3.63, 3.8) is 0 Å². The van der Waals surface area contributed by atoms with Crippen LogP contribution in [0, 0.1) is 13.8 Å². The molecule has 0 radical (unpaired) electrons. The summed E-state index contributed by atoms with van der Waals surface area (Å²) in [6.07, 6.45) is 0. The molecule has 0 saturated heterocycles. The van der Waals surface area contributed by atoms with Gasteiger partial charge in [0.15, 0.2) is 0 Å². The van der Waals surface area contributed by atoms with Crippen LogP contribution in [0.25, 0.3) is 0 Å². The summed E-state index contributed by atoms with van der Waals surface area (Å²) in [5.41, 5.74) is 2.16. The van der Waals surface area contributed by atoms with Crippen molar-refractivity contribution in [1.82, 2.24) is 0 Å². The molecule has 0 aliphatic carbocycles. The Labute approximate surface area is 158 Å². The normalized spacial score (nSPS) is 10.5. The second-order valence-electron chi connectivity index (χ2n) is 5.50. The van der Waals surface area contributed by atoms with Crippen molar-refractivity contribution in [2.75, 3.05) is 0 Å². The summed E-state index contributed by atoms with van der Waals surface area (Å²) in [6, 6.07) is 19.5. The van der Waals surface area contributed by atoms with E-state index in [0.29, 0.717) is 0 Å². The predicted octanol–water partition coefficient (Wildman–Crippen LogP) is 7.41. The summed E-state index contributed by atoms with van der Waals surface area (Å²) in [4.78, 5) is 0. The first-order valence-corrected chi connectivity index (χ1v) is 9.08. The Morgan fingerprint density at radius 3 is 1.29 bits per heavy atom. The lowest BCUT2D eigenvalue weighted by molar-refractivity contribution is 0.465. The van der Waals surface area contributed by atoms with Gasteiger partial charge in [-0.05, 0) is 85.6 Å². The molecule has 0 atom stereocenters. The fourth-order valence-electron chi connectivity index (χ4n) is 2.28. The van der Waals surface area contributed by atoms with Crippen molar-refractivity contribution in [3.8, 4) is 23.0 Å². The molecule has 0 heterocycles. The van der Waals surface area contributed by atoms with Gasteiger partial charge in [0, 0.05) is 8.95 Å². The van der Waals surface area contributed by atoms with Crippen LogP contribution >= 0.6 is 31.9 Å². The second-order valence-corrected chi connectivity index (χ2v) is 7.33. The average molecular weight is 448 g/mol. The molecule has 0 aliphatic rings. The Kier molecular flexibility index (Phi) is 5.27. The van der Waals surface area contributed by atoms with Gasteiger partial charge in [-0.3, -0.25) is 0 Å². The lowest BCUT2D eigenvalue weighted by Crippen LogP contribution is -1.89. The van der Waals surface area contributed by atoms with E-state index in [4.69, 9.17) is 9.47 Å². The molecule has 0 aromatic heterocycles. The zero-order valence-corrected chi connectivity index (χ0v) is 16.5. The maximum absolute atomic E-state index is 5.93. The molecular weight excluding hydrogens is 432 g/mol. The van der Waals surface area contributed by atoms with E-state index in [1.54, 1.807) is 0 Å². The van der Waals surface area contributed by atoms with Gasteiger partial charge in [0.1, 0.15) is 23.0 Å². The van der Waals surface area contributed by atoms with Crippen LogP contribution in [0.5, 0.6) is 23.0 Å². The van der Waals surface area contributed by atoms with Crippen LogP contribution in [0.2, 0.25) is 0 Å². The van der Waals surface area contributed by atoms with Crippen molar-refractivity contribution in [2.45, 2.75) is 13.8 Å². The van der Waals surface area contributed by atoms with E-state index in [1.807, 2.05) is 74.5 Å². The third kappa shape index (κ3) is 4.19. The Morgan fingerprint density at radius 1 is 0.583 bits per heavy atom. The zero-order chi connectivity index (χ0) is 17.1. The summed E-state index contributed by atoms with van der Waals surface area (Å²) in [5.74, 6) is 3.24. The van der Waals surface area contributed by atoms with Crippen LogP contribution in [0.4, 0.5) is 0 Å². The molecule has 3 rings (SSSR count). The van der Waals surface area contributed by atoms with Crippen LogP contribution in [0.1, 0.15) is 11.1 Å². The summed E-state index contributed by atoms with van der Waals surface area (Å²) < 4.78 is 13.9. The lowest BCUT2D eigenvalue weighted by Gasteiger charge is -2.11. The second kappa shape index (κ2) is 7.41. The van der Waals surface area contributed by atoms with Crippen LogP contribution in [0.15, 0.2) is 69.6 Å². The first-order chi connectivity index (χ1) is 11.5. The SMILES string of the molecule is Cc1cc(Br)ccc1Oc1ccc(Oc2ccc(Br)cc2C)cc1. The highest BCUT2D eigenvalue weighted by molar-refractivity contribution is 9.10. The van der Waals surface area contributed by atoms with E-state index >= 15 is 0 Å². The molecule has 0 saturated carbocycles. The molecule has 3 aromatic carbocycles. The lowest BCUT2D eigenvalue weighted by atomic mass is 10.2. The minimum Gasteiger partial charge on any atom is -0.457 e. The molecule has 0 amide bonds. The monoisotopic (exact) mass is 446 g/mol. The van der Waals surface area contributed by atoms with Crippen molar-refractivity contribution in [1.29, 1.82) is 0 Å². The van der Waals surface area contributed by atoms with Gasteiger partial charge in [-0.15, -0.1) is 0 Å². The summed E-state index contributed by atoms with van der Waals surface area (Å²) >= 11 is 6.92. The van der Waals surface area contributed by atoms with Crippen molar-refractivity contribution < 1.29 is 9.47 Å². The number of hydrogen-bond acceptors (Lipinski definition) is 2. The molecule has 2 nitrogen and oxygen atoms in total. The molecule has 0 spiro atoms. The number of benzene rings is 3. The summed E-state index contributed by atoms with van der Waals surface area (Å²) in [7, 11) is 0. The standard InChI is InChI=1S/C20H16Br2O2/c1-13-11-15(21)3-9-19(13)23-17-5-7-18(8-6-17)24-20-10-4-16(22)12-14(20)2/h3-12H,1-2H3. The van der Waals surface area contributed by atoms with E-state index in [-0.39, 0.29) is 0 Å². The average Bonchev–Trinajstić information content (AvgIpc) is 2.54. The van der Waals surface area contributed by atoms with E-state index in [9.17, 15) is 0 Å². The summed E-state index contributed by atoms with van der Waals surface area (Å²) in [5, 5.41) is 0. The van der Waals surface area contributed by atoms with Crippen molar-refractivity contribution in [2.24, 2.45) is 0 Å². The molecule has 122 valence electrons. The molecule has 0 fully saturated rings. The van der Waals surface area contributed by atoms with E-state index in [2.05, 4.69) is 31.9 Å². The van der Waals surface area contributed by atoms with Crippen molar-refractivity contribution >= 4 is 31.9 Å². The molecule has 3 aromatic rings. The largest absolute Gasteiger partial charge is 0.457 e. The van der Waals surface area contributed by atoms with E-state index < -0.39 is 0 Å². The Hall–Kier alpha value is -1.78. The molecule has 4 heteroatoms. The fraction of sp³-hybridized carbons (Fsp3) is 0.100. The van der Waals surface area contributed by atoms with Crippen LogP contribution in [-0.4, -0.2) is 0 Å². The number of halogens is 2. The van der Waals surface area contributed by atoms with E-state index in [1.165, 1.54) is 0 Å². The molecule has 0 aliphatic heterocycles. The maximum Gasteiger partial charge on any atom is 0.130 e. The third-order valence-electron chi connectivity index (χ3n) is 3.55. The Morgan fingerprint density at radius 2 is 0.958 bits per heavy atom. The van der Waals surface area contributed by atoms with Gasteiger partial charge in [0.2, 0.25) is 0 Å². The van der Waals surface area contributed by atoms with Gasteiger partial charge in [-0.2, -0.15) is 0 Å². The number of ether oxygens (including phenoxy) is 2. The van der Waals surface area contributed by atoms with Crippen molar-refractivity contribution in [3.05, 3.63) is 80.7 Å². The Balaban J connectivity index is 1.73. The molecule has 0 bridgehead atoms. The van der Waals surface area contributed by atoms with Crippen LogP contribution in [0.3, 0.4) is 0 Å². The number of hydrogen-bond donors (Lipinski definition) is 0. The van der Waals surface area contributed by atoms with Gasteiger partial charge in [0.25, 0.3) is 0 Å². The molecule has 0 N–H and O–H groups in total. The quantitative estimate of drug-likeness (QED) is 0.414. The highest BCUT2D eigenvalue weighted by atomic mass is 79.9. The van der Waals surface area contributed by atoms with Crippen LogP contribution in [-0.2, 0) is 0 Å². The van der Waals surface area contributed by atoms with Gasteiger partial charge in [0.05, 0.1) is 0 Å². The smallest absolute Gasteiger partial charge is 0.130 e. The molecule has 0 unspecified atom stereocenters. The summed E-state index contributed by atoms with van der Waals surface area (Å²) in [6.45, 7) is 4.04. The van der Waals surface area contributed by atoms with Crippen LogP contribution < -0.4 is 9.47 Å². The first kappa shape index (κ1) is 17.1. The van der Waals surface area contributed by atoms with Gasteiger partial charge in [-0.1, -0.05) is 31.9 Å². The van der Waals surface area contributed by atoms with Gasteiger partial charge < -0.3 is 9.47 Å². The minimum atomic E-state index is 0.778. The predicted molar refractivity (Wildman–Crippen MR) is 104 cm³/mol. The first-order valence-electron chi connectivity index (χ1n) is 7.49. The zero-order valence-electron chi connectivity index (χ0n) is 13.3. The highest BCUT2D eigenvalue weighted by Crippen LogP contribution is 2.31. The number of rotatable bonds is 4. The topological polar surface area (TPSA) is 18.5 Å². The maximum atomic E-state index is 5.93. The van der Waals surface area contributed by atoms with Gasteiger partial charge in [-0.25, -0.2) is 0 Å². The minimum absolute atomic E-state index is 0.778.